The van der Waals surface area contributed by atoms with Crippen LogP contribution in [0.25, 0.3) is 0 Å². The maximum atomic E-state index is 5.82. The van der Waals surface area contributed by atoms with Gasteiger partial charge in [-0.25, -0.2) is 4.98 Å². The zero-order valence-electron chi connectivity index (χ0n) is 11.4. The molecule has 2 aromatic heterocycles. The lowest BCUT2D eigenvalue weighted by Gasteiger charge is -2.15. The van der Waals surface area contributed by atoms with Gasteiger partial charge >= 0.3 is 0 Å². The smallest absolute Gasteiger partial charge is 0.109 e. The zero-order valence-corrected chi connectivity index (χ0v) is 12.2. The van der Waals surface area contributed by atoms with Crippen LogP contribution in [-0.4, -0.2) is 28.5 Å². The Morgan fingerprint density at radius 3 is 2.74 bits per heavy atom. The summed E-state index contributed by atoms with van der Waals surface area (Å²) in [7, 11) is 2.12. The van der Waals surface area contributed by atoms with Gasteiger partial charge in [-0.15, -0.1) is 11.3 Å². The minimum absolute atomic E-state index is 0.0286. The van der Waals surface area contributed by atoms with E-state index >= 15 is 0 Å². The van der Waals surface area contributed by atoms with Crippen LogP contribution in [0.3, 0.4) is 0 Å². The van der Waals surface area contributed by atoms with Crippen LogP contribution >= 0.6 is 11.3 Å². The number of pyridine rings is 1. The fourth-order valence-corrected chi connectivity index (χ4v) is 2.60. The first kappa shape index (κ1) is 14.1. The molecule has 0 aliphatic carbocycles. The van der Waals surface area contributed by atoms with Gasteiger partial charge in [-0.05, 0) is 38.1 Å². The first-order chi connectivity index (χ1) is 9.15. The van der Waals surface area contributed by atoms with Gasteiger partial charge in [0.2, 0.25) is 0 Å². The average molecular weight is 276 g/mol. The summed E-state index contributed by atoms with van der Waals surface area (Å²) in [5.41, 5.74) is 8.24. The van der Waals surface area contributed by atoms with E-state index in [4.69, 9.17) is 5.73 Å². The number of nitrogens with two attached hydrogens (primary N) is 1. The van der Waals surface area contributed by atoms with Gasteiger partial charge < -0.3 is 10.6 Å². The van der Waals surface area contributed by atoms with Crippen molar-refractivity contribution in [1.82, 2.24) is 14.9 Å². The van der Waals surface area contributed by atoms with E-state index in [2.05, 4.69) is 39.4 Å². The monoisotopic (exact) mass is 276 g/mol. The maximum Gasteiger partial charge on any atom is 0.109 e. The molecule has 1 atom stereocenters. The van der Waals surface area contributed by atoms with Gasteiger partial charge in [-0.2, -0.15) is 0 Å². The van der Waals surface area contributed by atoms with E-state index in [1.807, 2.05) is 19.3 Å². The van der Waals surface area contributed by atoms with Gasteiger partial charge in [0, 0.05) is 30.9 Å². The molecule has 102 valence electrons. The second-order valence-corrected chi connectivity index (χ2v) is 5.70. The summed E-state index contributed by atoms with van der Waals surface area (Å²) in [6.45, 7) is 3.85. The highest BCUT2D eigenvalue weighted by molar-refractivity contribution is 7.09. The number of aromatic nitrogens is 2. The SMILES string of the molecule is CC(N)c1nc(CN(C)CCc2ccncc2)cs1. The average Bonchev–Trinajstić information content (AvgIpc) is 2.86. The van der Waals surface area contributed by atoms with E-state index in [0.717, 1.165) is 30.2 Å². The molecule has 0 saturated carbocycles. The largest absolute Gasteiger partial charge is 0.322 e. The first-order valence-electron chi connectivity index (χ1n) is 6.42. The number of nitrogens with zero attached hydrogens (tertiary/aromatic N) is 3. The lowest BCUT2D eigenvalue weighted by Crippen LogP contribution is -2.21. The van der Waals surface area contributed by atoms with Crippen molar-refractivity contribution in [2.75, 3.05) is 13.6 Å². The number of rotatable bonds is 6. The highest BCUT2D eigenvalue weighted by Gasteiger charge is 2.08. The Kier molecular flexibility index (Phi) is 5.01. The van der Waals surface area contributed by atoms with E-state index in [9.17, 15) is 0 Å². The second kappa shape index (κ2) is 6.75. The molecule has 0 saturated heterocycles. The van der Waals surface area contributed by atoms with Crippen molar-refractivity contribution in [2.24, 2.45) is 5.73 Å². The Balaban J connectivity index is 1.82. The number of thiazole rings is 1. The molecule has 2 N–H and O–H groups in total. The fraction of sp³-hybridized carbons (Fsp3) is 0.429. The first-order valence-corrected chi connectivity index (χ1v) is 7.30. The molecule has 4 nitrogen and oxygen atoms in total. The van der Waals surface area contributed by atoms with E-state index in [-0.39, 0.29) is 6.04 Å². The Hall–Kier alpha value is -1.30. The summed E-state index contributed by atoms with van der Waals surface area (Å²) < 4.78 is 0. The van der Waals surface area contributed by atoms with Crippen LogP contribution in [0.4, 0.5) is 0 Å². The van der Waals surface area contributed by atoms with Gasteiger partial charge in [0.05, 0.1) is 11.7 Å². The molecule has 0 amide bonds. The van der Waals surface area contributed by atoms with Crippen LogP contribution in [0.2, 0.25) is 0 Å². The summed E-state index contributed by atoms with van der Waals surface area (Å²) >= 11 is 1.64. The molecular weight excluding hydrogens is 256 g/mol. The molecule has 1 unspecified atom stereocenters. The van der Waals surface area contributed by atoms with Crippen LogP contribution in [0, 0.1) is 0 Å². The number of hydrogen-bond donors (Lipinski definition) is 1. The lowest BCUT2D eigenvalue weighted by molar-refractivity contribution is 0.327. The molecule has 0 bridgehead atoms. The molecule has 0 spiro atoms. The van der Waals surface area contributed by atoms with Crippen molar-refractivity contribution in [3.8, 4) is 0 Å². The normalized spacial score (nSPS) is 12.8. The molecule has 0 radical (unpaired) electrons. The second-order valence-electron chi connectivity index (χ2n) is 4.81. The predicted octanol–water partition coefficient (Wildman–Crippen LogP) is 2.23. The highest BCUT2D eigenvalue weighted by Crippen LogP contribution is 2.16. The van der Waals surface area contributed by atoms with E-state index in [1.165, 1.54) is 5.56 Å². The molecule has 19 heavy (non-hydrogen) atoms. The van der Waals surface area contributed by atoms with Gasteiger partial charge in [0.1, 0.15) is 5.01 Å². The highest BCUT2D eigenvalue weighted by atomic mass is 32.1. The minimum Gasteiger partial charge on any atom is -0.322 e. The standard InChI is InChI=1S/C14H20N4S/c1-11(15)14-17-13(10-19-14)9-18(2)8-5-12-3-6-16-7-4-12/h3-4,6-7,10-11H,5,8-9,15H2,1-2H3. The Bertz CT molecular complexity index is 495. The predicted molar refractivity (Wildman–Crippen MR) is 79.0 cm³/mol. The van der Waals surface area contributed by atoms with Crippen molar-refractivity contribution < 1.29 is 0 Å². The van der Waals surface area contributed by atoms with Crippen LogP contribution in [0.15, 0.2) is 29.9 Å². The van der Waals surface area contributed by atoms with Crippen LogP contribution in [0.1, 0.15) is 29.2 Å². The molecule has 0 aromatic carbocycles. The van der Waals surface area contributed by atoms with Gasteiger partial charge in [0.15, 0.2) is 0 Å². The van der Waals surface area contributed by atoms with E-state index < -0.39 is 0 Å². The van der Waals surface area contributed by atoms with Crippen molar-refractivity contribution in [3.05, 3.63) is 46.2 Å². The van der Waals surface area contributed by atoms with Crippen LogP contribution < -0.4 is 5.73 Å². The van der Waals surface area contributed by atoms with Crippen LogP contribution in [-0.2, 0) is 13.0 Å². The van der Waals surface area contributed by atoms with Crippen molar-refractivity contribution in [3.63, 3.8) is 0 Å². The summed E-state index contributed by atoms with van der Waals surface area (Å²) in [5.74, 6) is 0. The van der Waals surface area contributed by atoms with Crippen molar-refractivity contribution in [1.29, 1.82) is 0 Å². The molecule has 2 heterocycles. The van der Waals surface area contributed by atoms with Crippen LogP contribution in [0.5, 0.6) is 0 Å². The molecule has 2 aromatic rings. The Morgan fingerprint density at radius 2 is 2.11 bits per heavy atom. The third-order valence-corrected chi connectivity index (χ3v) is 4.02. The quantitative estimate of drug-likeness (QED) is 0.879. The van der Waals surface area contributed by atoms with Crippen molar-refractivity contribution >= 4 is 11.3 Å². The molecule has 5 heteroatoms. The van der Waals surface area contributed by atoms with Gasteiger partial charge in [-0.1, -0.05) is 0 Å². The molecule has 2 rings (SSSR count). The summed E-state index contributed by atoms with van der Waals surface area (Å²) in [6, 6.07) is 4.15. The van der Waals surface area contributed by atoms with E-state index in [0.29, 0.717) is 0 Å². The maximum absolute atomic E-state index is 5.82. The Labute approximate surface area is 118 Å². The van der Waals surface area contributed by atoms with Gasteiger partial charge in [-0.3, -0.25) is 4.98 Å². The van der Waals surface area contributed by atoms with E-state index in [1.54, 1.807) is 11.3 Å². The summed E-state index contributed by atoms with van der Waals surface area (Å²) in [6.07, 6.45) is 4.71. The molecule has 0 fully saturated rings. The third kappa shape index (κ3) is 4.38. The molecular formula is C14H20N4S. The topological polar surface area (TPSA) is 55.0 Å². The Morgan fingerprint density at radius 1 is 1.37 bits per heavy atom. The number of hydrogen-bond acceptors (Lipinski definition) is 5. The summed E-state index contributed by atoms with van der Waals surface area (Å²) in [4.78, 5) is 10.9. The lowest BCUT2D eigenvalue weighted by atomic mass is 10.2. The molecule has 0 aliphatic heterocycles. The van der Waals surface area contributed by atoms with Gasteiger partial charge in [0.25, 0.3) is 0 Å². The third-order valence-electron chi connectivity index (χ3n) is 2.92. The minimum atomic E-state index is 0.0286. The zero-order chi connectivity index (χ0) is 13.7. The van der Waals surface area contributed by atoms with Crippen molar-refractivity contribution in [2.45, 2.75) is 25.9 Å². The fourth-order valence-electron chi connectivity index (χ4n) is 1.83. The number of likely N-dealkylation sites (N-methyl/N-ethyl adjacent to an activating group) is 1. The molecule has 0 aliphatic rings. The summed E-state index contributed by atoms with van der Waals surface area (Å²) in [5, 5.41) is 3.11.